The van der Waals surface area contributed by atoms with Crippen LogP contribution in [0.4, 0.5) is 5.69 Å². The van der Waals surface area contributed by atoms with Crippen molar-refractivity contribution in [3.8, 4) is 0 Å². The van der Waals surface area contributed by atoms with Crippen LogP contribution in [0.25, 0.3) is 0 Å². The third-order valence-corrected chi connectivity index (χ3v) is 6.19. The molecule has 3 aromatic rings. The molecule has 0 bridgehead atoms. The van der Waals surface area contributed by atoms with Crippen LogP contribution in [0.2, 0.25) is 0 Å². The van der Waals surface area contributed by atoms with E-state index in [1.807, 2.05) is 18.2 Å². The molecule has 1 saturated carbocycles. The molecule has 2 aromatic carbocycles. The van der Waals surface area contributed by atoms with E-state index < -0.39 is 5.97 Å². The summed E-state index contributed by atoms with van der Waals surface area (Å²) in [5.74, 6) is 1.02. The maximum atomic E-state index is 12.9. The Morgan fingerprint density at radius 2 is 1.81 bits per heavy atom. The van der Waals surface area contributed by atoms with Crippen LogP contribution >= 0.6 is 11.8 Å². The number of hydrogen-bond donors (Lipinski definition) is 0. The van der Waals surface area contributed by atoms with Gasteiger partial charge in [0.05, 0.1) is 30.7 Å². The normalized spacial score (nSPS) is 13.1. The van der Waals surface area contributed by atoms with E-state index >= 15 is 0 Å². The number of nitrogens with zero attached hydrogens (tertiary/aromatic N) is 4. The number of rotatable bonds is 8. The lowest BCUT2D eigenvalue weighted by atomic mass is 10.1. The highest BCUT2D eigenvalue weighted by Crippen LogP contribution is 2.40. The van der Waals surface area contributed by atoms with Crippen LogP contribution in [0.3, 0.4) is 0 Å². The predicted molar refractivity (Wildman–Crippen MR) is 119 cm³/mol. The Labute approximate surface area is 185 Å². The lowest BCUT2D eigenvalue weighted by Gasteiger charge is -2.19. The quantitative estimate of drug-likeness (QED) is 0.395. The Hall–Kier alpha value is -3.13. The zero-order valence-corrected chi connectivity index (χ0v) is 18.3. The number of hydrogen-bond acceptors (Lipinski definition) is 6. The minimum atomic E-state index is -0.473. The highest BCUT2D eigenvalue weighted by molar-refractivity contribution is 7.99. The summed E-state index contributed by atoms with van der Waals surface area (Å²) in [5, 5.41) is 9.51. The molecule has 8 heteroatoms. The van der Waals surface area contributed by atoms with Gasteiger partial charge >= 0.3 is 5.97 Å². The lowest BCUT2D eigenvalue weighted by molar-refractivity contribution is -0.115. The smallest absolute Gasteiger partial charge is 0.339 e. The first kappa shape index (κ1) is 21.1. The molecule has 0 spiro atoms. The van der Waals surface area contributed by atoms with Gasteiger partial charge in [0.25, 0.3) is 0 Å². The number of methoxy groups -OCH3 is 1. The van der Waals surface area contributed by atoms with Crippen molar-refractivity contribution in [2.24, 2.45) is 0 Å². The highest BCUT2D eigenvalue weighted by Gasteiger charge is 2.30. The molecule has 1 amide bonds. The summed E-state index contributed by atoms with van der Waals surface area (Å²) in [6, 6.07) is 17.1. The molecule has 1 aliphatic rings. The van der Waals surface area contributed by atoms with Gasteiger partial charge in [-0.25, -0.2) is 4.79 Å². The number of para-hydroxylation sites is 1. The summed E-state index contributed by atoms with van der Waals surface area (Å²) < 4.78 is 6.95. The molecule has 4 rings (SSSR count). The van der Waals surface area contributed by atoms with E-state index in [4.69, 9.17) is 4.74 Å². The van der Waals surface area contributed by atoms with E-state index in [1.54, 1.807) is 31.3 Å². The van der Waals surface area contributed by atoms with Crippen LogP contribution in [0.15, 0.2) is 59.8 Å². The zero-order valence-electron chi connectivity index (χ0n) is 17.5. The Kier molecular flexibility index (Phi) is 6.36. The van der Waals surface area contributed by atoms with Crippen molar-refractivity contribution in [2.75, 3.05) is 24.8 Å². The molecule has 1 aromatic heterocycles. The summed E-state index contributed by atoms with van der Waals surface area (Å²) in [4.78, 5) is 26.4. The van der Waals surface area contributed by atoms with Crippen LogP contribution in [0, 0.1) is 0 Å². The number of thioether (sulfide) groups is 1. The fourth-order valence-corrected chi connectivity index (χ4v) is 4.23. The van der Waals surface area contributed by atoms with E-state index in [0.29, 0.717) is 23.7 Å². The summed E-state index contributed by atoms with van der Waals surface area (Å²) in [6.07, 6.45) is 2.26. The number of amides is 1. The molecule has 1 heterocycles. The number of ether oxygens (including phenoxy) is 1. The second-order valence-electron chi connectivity index (χ2n) is 7.44. The number of benzene rings is 2. The average Bonchev–Trinajstić information content (AvgIpc) is 3.58. The minimum absolute atomic E-state index is 0.136. The van der Waals surface area contributed by atoms with Crippen molar-refractivity contribution in [3.63, 3.8) is 0 Å². The van der Waals surface area contributed by atoms with Crippen LogP contribution in [0.5, 0.6) is 0 Å². The van der Waals surface area contributed by atoms with Crippen LogP contribution in [-0.2, 0) is 16.1 Å². The number of anilines is 1. The molecular weight excluding hydrogens is 412 g/mol. The number of carbonyl (C=O) groups is 2. The molecule has 31 heavy (non-hydrogen) atoms. The van der Waals surface area contributed by atoms with Gasteiger partial charge in [-0.3, -0.25) is 4.79 Å². The summed E-state index contributed by atoms with van der Waals surface area (Å²) in [7, 11) is 2.99. The van der Waals surface area contributed by atoms with Gasteiger partial charge in [-0.15, -0.1) is 10.2 Å². The number of aromatic nitrogens is 3. The van der Waals surface area contributed by atoms with E-state index in [-0.39, 0.29) is 11.7 Å². The number of esters is 1. The van der Waals surface area contributed by atoms with Crippen molar-refractivity contribution in [1.82, 2.24) is 14.8 Å². The highest BCUT2D eigenvalue weighted by atomic mass is 32.2. The van der Waals surface area contributed by atoms with Crippen molar-refractivity contribution < 1.29 is 14.3 Å². The average molecular weight is 437 g/mol. The summed E-state index contributed by atoms with van der Waals surface area (Å²) >= 11 is 1.37. The van der Waals surface area contributed by atoms with Gasteiger partial charge in [-0.2, -0.15) is 0 Å². The van der Waals surface area contributed by atoms with E-state index in [2.05, 4.69) is 26.9 Å². The van der Waals surface area contributed by atoms with Crippen molar-refractivity contribution in [2.45, 2.75) is 30.5 Å². The monoisotopic (exact) mass is 436 g/mol. The Balaban J connectivity index is 1.49. The van der Waals surface area contributed by atoms with Gasteiger partial charge in [0.1, 0.15) is 5.82 Å². The molecule has 0 N–H and O–H groups in total. The van der Waals surface area contributed by atoms with E-state index in [0.717, 1.165) is 23.8 Å². The zero-order chi connectivity index (χ0) is 21.8. The molecule has 7 nitrogen and oxygen atoms in total. The van der Waals surface area contributed by atoms with Gasteiger partial charge in [-0.1, -0.05) is 54.2 Å². The van der Waals surface area contributed by atoms with E-state index in [1.165, 1.54) is 29.3 Å². The first-order valence-electron chi connectivity index (χ1n) is 10.1. The Morgan fingerprint density at radius 3 is 2.52 bits per heavy atom. The molecule has 0 unspecified atom stereocenters. The maximum Gasteiger partial charge on any atom is 0.339 e. The SMILES string of the molecule is COC(=O)c1ccccc1N(C)C(=O)CSc1nnc(C2CC2)n1Cc1ccccc1. The summed E-state index contributed by atoms with van der Waals surface area (Å²) in [6.45, 7) is 0.678. The molecule has 1 aliphatic carbocycles. The largest absolute Gasteiger partial charge is 0.465 e. The lowest BCUT2D eigenvalue weighted by Crippen LogP contribution is -2.29. The van der Waals surface area contributed by atoms with Crippen LogP contribution in [0.1, 0.15) is 40.5 Å². The van der Waals surface area contributed by atoms with Crippen molar-refractivity contribution in [3.05, 3.63) is 71.5 Å². The molecule has 0 saturated heterocycles. The molecular formula is C23H24N4O3S. The molecule has 1 fully saturated rings. The second-order valence-corrected chi connectivity index (χ2v) is 8.38. The molecule has 0 aliphatic heterocycles. The fraction of sp³-hybridized carbons (Fsp3) is 0.304. The topological polar surface area (TPSA) is 77.3 Å². The van der Waals surface area contributed by atoms with Gasteiger partial charge < -0.3 is 14.2 Å². The maximum absolute atomic E-state index is 12.9. The third kappa shape index (κ3) is 4.80. The van der Waals surface area contributed by atoms with Gasteiger partial charge in [0.15, 0.2) is 5.16 Å². The van der Waals surface area contributed by atoms with Gasteiger partial charge in [0.2, 0.25) is 5.91 Å². The Bertz CT molecular complexity index is 1080. The molecule has 160 valence electrons. The molecule has 0 atom stereocenters. The van der Waals surface area contributed by atoms with Gasteiger partial charge in [-0.05, 0) is 30.5 Å². The Morgan fingerprint density at radius 1 is 1.10 bits per heavy atom. The van der Waals surface area contributed by atoms with Crippen molar-refractivity contribution >= 4 is 29.3 Å². The molecule has 0 radical (unpaired) electrons. The first-order valence-corrected chi connectivity index (χ1v) is 11.1. The first-order chi connectivity index (χ1) is 15.1. The van der Waals surface area contributed by atoms with Crippen molar-refractivity contribution in [1.29, 1.82) is 0 Å². The standard InChI is InChI=1S/C23H24N4O3S/c1-26(19-11-7-6-10-18(19)22(29)30-2)20(28)15-31-23-25-24-21(17-12-13-17)27(23)14-16-8-4-3-5-9-16/h3-11,17H,12-15H2,1-2H3. The van der Waals surface area contributed by atoms with Crippen LogP contribution < -0.4 is 4.90 Å². The minimum Gasteiger partial charge on any atom is -0.465 e. The second kappa shape index (κ2) is 9.34. The van der Waals surface area contributed by atoms with Crippen LogP contribution in [-0.4, -0.2) is 46.6 Å². The fourth-order valence-electron chi connectivity index (χ4n) is 3.37. The van der Waals surface area contributed by atoms with Gasteiger partial charge in [0, 0.05) is 13.0 Å². The number of carbonyl (C=O) groups excluding carboxylic acids is 2. The predicted octanol–water partition coefficient (Wildman–Crippen LogP) is 3.75. The summed E-state index contributed by atoms with van der Waals surface area (Å²) in [5.41, 5.74) is 2.04. The van der Waals surface area contributed by atoms with E-state index in [9.17, 15) is 9.59 Å². The third-order valence-electron chi connectivity index (χ3n) is 5.24.